The summed E-state index contributed by atoms with van der Waals surface area (Å²) in [5.41, 5.74) is 1.14. The summed E-state index contributed by atoms with van der Waals surface area (Å²) in [5.74, 6) is 1.05. The quantitative estimate of drug-likeness (QED) is 0.888. The van der Waals surface area contributed by atoms with Crippen molar-refractivity contribution in [3.63, 3.8) is 0 Å². The van der Waals surface area contributed by atoms with E-state index in [1.54, 1.807) is 12.1 Å². The largest absolute Gasteiger partial charge is 0.480 e. The monoisotopic (exact) mass is 332 g/mol. The van der Waals surface area contributed by atoms with Gasteiger partial charge in [0.2, 0.25) is 17.7 Å². The third-order valence-electron chi connectivity index (χ3n) is 3.83. The van der Waals surface area contributed by atoms with Crippen LogP contribution < -0.4 is 10.1 Å². The van der Waals surface area contributed by atoms with Gasteiger partial charge >= 0.3 is 0 Å². The molecule has 0 aliphatic carbocycles. The fourth-order valence-corrected chi connectivity index (χ4v) is 2.55. The molecular weight excluding hydrogens is 312 g/mol. The fraction of sp³-hybridized carbons (Fsp3) is 0.500. The van der Waals surface area contributed by atoms with Gasteiger partial charge in [0, 0.05) is 12.3 Å². The average Bonchev–Trinajstić information content (AvgIpc) is 3.09. The van der Waals surface area contributed by atoms with E-state index in [1.807, 2.05) is 6.92 Å². The van der Waals surface area contributed by atoms with Crippen LogP contribution in [0.5, 0.6) is 5.88 Å². The van der Waals surface area contributed by atoms with Crippen molar-refractivity contribution in [3.8, 4) is 5.88 Å². The highest BCUT2D eigenvalue weighted by atomic mass is 16.5. The molecule has 0 aromatic carbocycles. The summed E-state index contributed by atoms with van der Waals surface area (Å²) >= 11 is 0. The van der Waals surface area contributed by atoms with Crippen molar-refractivity contribution in [2.75, 3.05) is 20.3 Å². The molecule has 1 saturated heterocycles. The third kappa shape index (κ3) is 3.70. The highest BCUT2D eigenvalue weighted by molar-refractivity contribution is 5.96. The lowest BCUT2D eigenvalue weighted by Gasteiger charge is -2.18. The topological polar surface area (TPSA) is 99.4 Å². The zero-order chi connectivity index (χ0) is 16.9. The van der Waals surface area contributed by atoms with Crippen molar-refractivity contribution < 1.29 is 18.7 Å². The number of hydrogen-bond acceptors (Lipinski definition) is 7. The number of ether oxygens (including phenoxy) is 2. The molecular formula is C16H20N4O4. The molecule has 0 radical (unpaired) electrons. The van der Waals surface area contributed by atoms with Crippen LogP contribution >= 0.6 is 0 Å². The number of nitrogens with zero attached hydrogens (tertiary/aromatic N) is 3. The zero-order valence-electron chi connectivity index (χ0n) is 13.7. The molecule has 2 aromatic heterocycles. The number of pyridine rings is 1. The molecule has 0 saturated carbocycles. The number of rotatable bonds is 5. The van der Waals surface area contributed by atoms with Gasteiger partial charge in [-0.05, 0) is 31.9 Å². The van der Waals surface area contributed by atoms with Gasteiger partial charge in [-0.15, -0.1) is 10.2 Å². The summed E-state index contributed by atoms with van der Waals surface area (Å²) in [5, 5.41) is 10.8. The Bertz CT molecular complexity index is 710. The van der Waals surface area contributed by atoms with Crippen molar-refractivity contribution in [2.24, 2.45) is 0 Å². The second-order valence-electron chi connectivity index (χ2n) is 5.64. The highest BCUT2D eigenvalue weighted by Gasteiger charge is 2.22. The molecule has 8 nitrogen and oxygen atoms in total. The molecule has 1 amide bonds. The lowest BCUT2D eigenvalue weighted by Crippen LogP contribution is -2.24. The average molecular weight is 332 g/mol. The highest BCUT2D eigenvalue weighted by Crippen LogP contribution is 2.24. The zero-order valence-corrected chi connectivity index (χ0v) is 13.7. The van der Waals surface area contributed by atoms with Crippen molar-refractivity contribution >= 4 is 5.91 Å². The number of aryl methyl sites for hydroxylation is 1. The van der Waals surface area contributed by atoms with Crippen LogP contribution in [0.15, 0.2) is 16.5 Å². The van der Waals surface area contributed by atoms with Crippen LogP contribution in [0.3, 0.4) is 0 Å². The van der Waals surface area contributed by atoms with Gasteiger partial charge in [-0.25, -0.2) is 4.98 Å². The molecule has 1 fully saturated rings. The van der Waals surface area contributed by atoms with Crippen molar-refractivity contribution in [1.82, 2.24) is 20.5 Å². The molecule has 128 valence electrons. The summed E-state index contributed by atoms with van der Waals surface area (Å²) in [6.07, 6.45) is 1.96. The molecule has 0 spiro atoms. The van der Waals surface area contributed by atoms with E-state index in [9.17, 15) is 4.79 Å². The minimum atomic E-state index is -0.305. The molecule has 8 heteroatoms. The van der Waals surface area contributed by atoms with Crippen LogP contribution in [0.1, 0.15) is 46.6 Å². The van der Waals surface area contributed by atoms with Gasteiger partial charge in [0.05, 0.1) is 26.2 Å². The molecule has 1 aliphatic rings. The van der Waals surface area contributed by atoms with Crippen molar-refractivity contribution in [3.05, 3.63) is 35.2 Å². The van der Waals surface area contributed by atoms with E-state index < -0.39 is 0 Å². The van der Waals surface area contributed by atoms with Crippen molar-refractivity contribution in [1.29, 1.82) is 0 Å². The number of amides is 1. The van der Waals surface area contributed by atoms with Gasteiger partial charge in [0.25, 0.3) is 5.91 Å². The Morgan fingerprint density at radius 2 is 2.29 bits per heavy atom. The summed E-state index contributed by atoms with van der Waals surface area (Å²) in [6, 6.07) is 3.43. The predicted octanol–water partition coefficient (Wildman–Crippen LogP) is 1.61. The lowest BCUT2D eigenvalue weighted by atomic mass is 10.0. The van der Waals surface area contributed by atoms with E-state index in [1.165, 1.54) is 7.11 Å². The first-order chi connectivity index (χ1) is 11.7. The van der Waals surface area contributed by atoms with Crippen LogP contribution in [0.2, 0.25) is 0 Å². The number of aromatic nitrogens is 3. The van der Waals surface area contributed by atoms with E-state index in [2.05, 4.69) is 20.5 Å². The first kappa shape index (κ1) is 16.4. The van der Waals surface area contributed by atoms with Crippen molar-refractivity contribution in [2.45, 2.75) is 32.2 Å². The second kappa shape index (κ2) is 7.39. The van der Waals surface area contributed by atoms with E-state index >= 15 is 0 Å². The molecule has 1 atom stereocenters. The molecule has 0 bridgehead atoms. The summed E-state index contributed by atoms with van der Waals surface area (Å²) in [6.45, 7) is 3.36. The van der Waals surface area contributed by atoms with Crippen LogP contribution in [-0.2, 0) is 11.3 Å². The number of nitrogens with one attached hydrogen (secondary N) is 1. The Labute approximate surface area is 139 Å². The molecule has 1 aliphatic heterocycles. The Kier molecular flexibility index (Phi) is 5.05. The van der Waals surface area contributed by atoms with E-state index in [0.29, 0.717) is 24.0 Å². The first-order valence-corrected chi connectivity index (χ1v) is 7.87. The Hall–Kier alpha value is -2.48. The summed E-state index contributed by atoms with van der Waals surface area (Å²) in [4.78, 5) is 16.5. The van der Waals surface area contributed by atoms with Gasteiger partial charge < -0.3 is 19.2 Å². The van der Waals surface area contributed by atoms with Crippen LogP contribution in [0, 0.1) is 6.92 Å². The Morgan fingerprint density at radius 1 is 1.42 bits per heavy atom. The molecule has 1 N–H and O–H groups in total. The van der Waals surface area contributed by atoms with Crippen LogP contribution in [0.25, 0.3) is 0 Å². The normalized spacial score (nSPS) is 17.5. The van der Waals surface area contributed by atoms with Gasteiger partial charge in [0.15, 0.2) is 0 Å². The predicted molar refractivity (Wildman–Crippen MR) is 83.8 cm³/mol. The van der Waals surface area contributed by atoms with E-state index in [-0.39, 0.29) is 24.2 Å². The summed E-state index contributed by atoms with van der Waals surface area (Å²) in [7, 11) is 1.48. The number of methoxy groups -OCH3 is 1. The van der Waals surface area contributed by atoms with Gasteiger partial charge in [-0.1, -0.05) is 0 Å². The minimum Gasteiger partial charge on any atom is -0.480 e. The molecule has 24 heavy (non-hydrogen) atoms. The lowest BCUT2D eigenvalue weighted by molar-refractivity contribution is 0.0720. The number of carbonyl (C=O) groups excluding carboxylic acids is 1. The Morgan fingerprint density at radius 3 is 3.04 bits per heavy atom. The standard InChI is InChI=1S/C16H20N4O4/c1-10-5-6-12(16(18-10)22-2)14(21)17-8-13-19-20-15(24-13)11-4-3-7-23-9-11/h5-6,11H,3-4,7-9H2,1-2H3,(H,17,21). The summed E-state index contributed by atoms with van der Waals surface area (Å²) < 4.78 is 16.2. The maximum atomic E-state index is 12.3. The molecule has 2 aromatic rings. The third-order valence-corrected chi connectivity index (χ3v) is 3.83. The minimum absolute atomic E-state index is 0.136. The van der Waals surface area contributed by atoms with Gasteiger partial charge in [-0.3, -0.25) is 4.79 Å². The smallest absolute Gasteiger partial charge is 0.257 e. The van der Waals surface area contributed by atoms with E-state index in [0.717, 1.165) is 25.1 Å². The maximum Gasteiger partial charge on any atom is 0.257 e. The number of carbonyl (C=O) groups is 1. The van der Waals surface area contributed by atoms with Crippen LogP contribution in [0.4, 0.5) is 0 Å². The maximum absolute atomic E-state index is 12.3. The second-order valence-corrected chi connectivity index (χ2v) is 5.64. The van der Waals surface area contributed by atoms with Crippen LogP contribution in [-0.4, -0.2) is 41.4 Å². The Balaban J connectivity index is 1.61. The molecule has 1 unspecified atom stereocenters. The first-order valence-electron chi connectivity index (χ1n) is 7.87. The van der Waals surface area contributed by atoms with E-state index in [4.69, 9.17) is 13.9 Å². The fourth-order valence-electron chi connectivity index (χ4n) is 2.55. The van der Waals surface area contributed by atoms with Gasteiger partial charge in [0.1, 0.15) is 5.56 Å². The molecule has 3 heterocycles. The molecule has 3 rings (SSSR count). The van der Waals surface area contributed by atoms with Gasteiger partial charge in [-0.2, -0.15) is 0 Å². The number of hydrogen-bond donors (Lipinski definition) is 1. The SMILES string of the molecule is COc1nc(C)ccc1C(=O)NCc1nnc(C2CCCOC2)o1.